The lowest BCUT2D eigenvalue weighted by Crippen LogP contribution is -2.60. The van der Waals surface area contributed by atoms with Crippen molar-refractivity contribution >= 4 is 15.7 Å². The Morgan fingerprint density at radius 1 is 1.14 bits per heavy atom. The summed E-state index contributed by atoms with van der Waals surface area (Å²) in [5.74, 6) is -0.549. The third kappa shape index (κ3) is 3.66. The van der Waals surface area contributed by atoms with Crippen LogP contribution in [0.15, 0.2) is 5.16 Å². The molecular formula is C18H24FN3O5S. The standard InChI is InChI=1S/C18H24FN3O5S/c1-26-15-14(19)16(21-17(20-15)28(2,24)25)27-9-13(23)22-18-6-10-3-11(7-18)5-12(4-10)8-18/h10-12H,3-9H2,1-2H3,(H,22,23). The average molecular weight is 413 g/mol. The molecule has 4 saturated carbocycles. The van der Waals surface area contributed by atoms with Crippen LogP contribution in [0.3, 0.4) is 0 Å². The summed E-state index contributed by atoms with van der Waals surface area (Å²) in [4.78, 5) is 19.6. The van der Waals surface area contributed by atoms with E-state index in [0.29, 0.717) is 17.8 Å². The average Bonchev–Trinajstić information content (AvgIpc) is 2.58. The summed E-state index contributed by atoms with van der Waals surface area (Å²) in [6.07, 6.45) is 7.61. The molecule has 10 heteroatoms. The van der Waals surface area contributed by atoms with Crippen molar-refractivity contribution in [1.29, 1.82) is 0 Å². The molecule has 4 fully saturated rings. The smallest absolute Gasteiger partial charge is 0.259 e. The lowest BCUT2D eigenvalue weighted by atomic mass is 9.53. The van der Waals surface area contributed by atoms with Crippen LogP contribution >= 0.6 is 0 Å². The molecule has 0 unspecified atom stereocenters. The molecule has 1 heterocycles. The maximum Gasteiger partial charge on any atom is 0.259 e. The molecule has 1 amide bonds. The van der Waals surface area contributed by atoms with Gasteiger partial charge in [0.25, 0.3) is 22.8 Å². The van der Waals surface area contributed by atoms with Gasteiger partial charge in [0.15, 0.2) is 6.61 Å². The van der Waals surface area contributed by atoms with E-state index in [-0.39, 0.29) is 11.4 Å². The molecule has 1 aromatic rings. The molecule has 154 valence electrons. The van der Waals surface area contributed by atoms with E-state index in [9.17, 15) is 17.6 Å². The van der Waals surface area contributed by atoms with E-state index >= 15 is 0 Å². The molecule has 4 aliphatic rings. The summed E-state index contributed by atoms with van der Waals surface area (Å²) in [5, 5.41) is 2.49. The van der Waals surface area contributed by atoms with Crippen LogP contribution in [0.1, 0.15) is 38.5 Å². The van der Waals surface area contributed by atoms with Crippen LogP contribution in [0, 0.1) is 23.6 Å². The van der Waals surface area contributed by atoms with Crippen LogP contribution in [0.2, 0.25) is 0 Å². The molecule has 1 N–H and O–H groups in total. The number of rotatable bonds is 6. The lowest BCUT2D eigenvalue weighted by molar-refractivity contribution is -0.129. The molecule has 0 aromatic carbocycles. The van der Waals surface area contributed by atoms with Gasteiger partial charge in [-0.15, -0.1) is 0 Å². The quantitative estimate of drug-likeness (QED) is 0.704. The fourth-order valence-corrected chi connectivity index (χ4v) is 6.01. The number of amides is 1. The Bertz CT molecular complexity index is 869. The van der Waals surface area contributed by atoms with Gasteiger partial charge in [0.1, 0.15) is 0 Å². The van der Waals surface area contributed by atoms with Crippen molar-refractivity contribution in [2.24, 2.45) is 17.8 Å². The molecule has 0 saturated heterocycles. The Hall–Kier alpha value is -1.97. The second kappa shape index (κ2) is 6.82. The molecule has 4 bridgehead atoms. The Labute approximate surface area is 163 Å². The van der Waals surface area contributed by atoms with E-state index in [2.05, 4.69) is 15.3 Å². The number of methoxy groups -OCH3 is 1. The second-order valence-electron chi connectivity index (χ2n) is 8.44. The van der Waals surface area contributed by atoms with Crippen molar-refractivity contribution in [3.63, 3.8) is 0 Å². The molecule has 5 rings (SSSR count). The van der Waals surface area contributed by atoms with Gasteiger partial charge in [0, 0.05) is 11.8 Å². The number of aromatic nitrogens is 2. The molecule has 4 aliphatic carbocycles. The highest BCUT2D eigenvalue weighted by Crippen LogP contribution is 2.55. The van der Waals surface area contributed by atoms with Gasteiger partial charge in [-0.1, -0.05) is 0 Å². The molecular weight excluding hydrogens is 389 g/mol. The summed E-state index contributed by atoms with van der Waals surface area (Å²) < 4.78 is 47.6. The van der Waals surface area contributed by atoms with E-state index in [1.165, 1.54) is 19.3 Å². The van der Waals surface area contributed by atoms with Gasteiger partial charge < -0.3 is 14.8 Å². The van der Waals surface area contributed by atoms with E-state index in [1.807, 2.05) is 0 Å². The number of carbonyl (C=O) groups is 1. The maximum atomic E-state index is 14.3. The highest BCUT2D eigenvalue weighted by atomic mass is 32.2. The second-order valence-corrected chi connectivity index (χ2v) is 10.4. The number of halogens is 1. The van der Waals surface area contributed by atoms with E-state index < -0.39 is 39.2 Å². The number of nitrogens with one attached hydrogen (secondary N) is 1. The number of sulfone groups is 1. The van der Waals surface area contributed by atoms with Crippen LogP contribution in [-0.4, -0.2) is 49.8 Å². The Kier molecular flexibility index (Phi) is 4.71. The first-order chi connectivity index (χ1) is 13.2. The zero-order chi connectivity index (χ0) is 20.1. The predicted octanol–water partition coefficient (Wildman–Crippen LogP) is 1.49. The van der Waals surface area contributed by atoms with Crippen molar-refractivity contribution in [3.05, 3.63) is 5.82 Å². The summed E-state index contributed by atoms with van der Waals surface area (Å²) >= 11 is 0. The summed E-state index contributed by atoms with van der Waals surface area (Å²) in [5.41, 5.74) is -0.185. The third-order valence-electron chi connectivity index (χ3n) is 6.08. The van der Waals surface area contributed by atoms with Crippen LogP contribution in [0.4, 0.5) is 4.39 Å². The van der Waals surface area contributed by atoms with Crippen LogP contribution < -0.4 is 14.8 Å². The van der Waals surface area contributed by atoms with Crippen molar-refractivity contribution < 1.29 is 27.1 Å². The number of carbonyl (C=O) groups excluding carboxylic acids is 1. The highest BCUT2D eigenvalue weighted by Gasteiger charge is 2.51. The summed E-state index contributed by atoms with van der Waals surface area (Å²) in [6, 6.07) is 0. The van der Waals surface area contributed by atoms with Gasteiger partial charge in [-0.3, -0.25) is 4.79 Å². The van der Waals surface area contributed by atoms with Gasteiger partial charge in [-0.25, -0.2) is 8.42 Å². The lowest BCUT2D eigenvalue weighted by Gasteiger charge is -2.56. The molecule has 28 heavy (non-hydrogen) atoms. The van der Waals surface area contributed by atoms with Gasteiger partial charge in [0.2, 0.25) is 15.7 Å². The predicted molar refractivity (Wildman–Crippen MR) is 96.2 cm³/mol. The highest BCUT2D eigenvalue weighted by molar-refractivity contribution is 7.90. The van der Waals surface area contributed by atoms with Crippen LogP contribution in [-0.2, 0) is 14.6 Å². The zero-order valence-corrected chi connectivity index (χ0v) is 16.7. The Balaban J connectivity index is 1.45. The third-order valence-corrected chi connectivity index (χ3v) is 6.92. The minimum absolute atomic E-state index is 0.185. The van der Waals surface area contributed by atoms with Crippen molar-refractivity contribution in [2.75, 3.05) is 20.0 Å². The molecule has 1 aromatic heterocycles. The SMILES string of the molecule is COc1nc(S(C)(=O)=O)nc(OCC(=O)NC23CC4CC(CC(C4)C2)C3)c1F. The summed E-state index contributed by atoms with van der Waals surface area (Å²) in [7, 11) is -2.65. The monoisotopic (exact) mass is 413 g/mol. The van der Waals surface area contributed by atoms with Crippen LogP contribution in [0.5, 0.6) is 11.8 Å². The van der Waals surface area contributed by atoms with Crippen LogP contribution in [0.25, 0.3) is 0 Å². The normalized spacial score (nSPS) is 30.9. The van der Waals surface area contributed by atoms with Gasteiger partial charge in [0.05, 0.1) is 7.11 Å². The Morgan fingerprint density at radius 2 is 1.68 bits per heavy atom. The van der Waals surface area contributed by atoms with E-state index in [0.717, 1.165) is 32.6 Å². The maximum absolute atomic E-state index is 14.3. The fraction of sp³-hybridized carbons (Fsp3) is 0.722. The molecule has 8 nitrogen and oxygen atoms in total. The molecule has 0 spiro atoms. The van der Waals surface area contributed by atoms with E-state index in [4.69, 9.17) is 9.47 Å². The summed E-state index contributed by atoms with van der Waals surface area (Å²) in [6.45, 7) is -0.456. The first-order valence-electron chi connectivity index (χ1n) is 9.43. The number of hydrogen-bond donors (Lipinski definition) is 1. The van der Waals surface area contributed by atoms with Crippen molar-refractivity contribution in [2.45, 2.75) is 49.2 Å². The van der Waals surface area contributed by atoms with Gasteiger partial charge in [-0.2, -0.15) is 14.4 Å². The number of nitrogens with zero attached hydrogens (tertiary/aromatic N) is 2. The molecule has 0 radical (unpaired) electrons. The zero-order valence-electron chi connectivity index (χ0n) is 15.9. The largest absolute Gasteiger partial charge is 0.479 e. The van der Waals surface area contributed by atoms with Crippen molar-refractivity contribution in [1.82, 2.24) is 15.3 Å². The molecule has 0 atom stereocenters. The number of hydrogen-bond acceptors (Lipinski definition) is 7. The first kappa shape index (κ1) is 19.4. The number of ether oxygens (including phenoxy) is 2. The fourth-order valence-electron chi connectivity index (χ4n) is 5.51. The Morgan fingerprint density at radius 3 is 2.18 bits per heavy atom. The first-order valence-corrected chi connectivity index (χ1v) is 11.3. The van der Waals surface area contributed by atoms with Gasteiger partial charge in [-0.05, 0) is 56.3 Å². The van der Waals surface area contributed by atoms with Crippen molar-refractivity contribution in [3.8, 4) is 11.8 Å². The minimum atomic E-state index is -3.80. The topological polar surface area (TPSA) is 107 Å². The minimum Gasteiger partial charge on any atom is -0.479 e. The van der Waals surface area contributed by atoms with Gasteiger partial charge >= 0.3 is 0 Å². The molecule has 0 aliphatic heterocycles. The van der Waals surface area contributed by atoms with E-state index in [1.54, 1.807) is 0 Å².